The Labute approximate surface area is 71.2 Å². The maximum atomic E-state index is 11.2. The van der Waals surface area contributed by atoms with Gasteiger partial charge in [0.25, 0.3) is 0 Å². The Hall–Kier alpha value is -0.610. The van der Waals surface area contributed by atoms with E-state index in [1.165, 1.54) is 7.11 Å². The average Bonchev–Trinajstić information content (AvgIpc) is 2.52. The van der Waals surface area contributed by atoms with E-state index in [1.54, 1.807) is 0 Å². The van der Waals surface area contributed by atoms with Crippen LogP contribution in [-0.4, -0.2) is 38.9 Å². The quantitative estimate of drug-likeness (QED) is 0.542. The summed E-state index contributed by atoms with van der Waals surface area (Å²) in [7, 11) is 1.42. The first kappa shape index (κ1) is 8.01. The van der Waals surface area contributed by atoms with Crippen molar-refractivity contribution in [2.24, 2.45) is 5.41 Å². The minimum absolute atomic E-state index is 0.0487. The van der Waals surface area contributed by atoms with Crippen molar-refractivity contribution in [3.63, 3.8) is 0 Å². The van der Waals surface area contributed by atoms with Crippen LogP contribution < -0.4 is 5.32 Å². The number of hydrogen-bond acceptors (Lipinski definition) is 4. The third-order valence-corrected chi connectivity index (χ3v) is 2.84. The average molecular weight is 171 g/mol. The van der Waals surface area contributed by atoms with E-state index in [9.17, 15) is 4.79 Å². The van der Waals surface area contributed by atoms with Crippen LogP contribution >= 0.6 is 0 Å². The van der Waals surface area contributed by atoms with Crippen LogP contribution in [0.1, 0.15) is 6.42 Å². The molecule has 1 spiro atoms. The summed E-state index contributed by atoms with van der Waals surface area (Å²) in [6.45, 7) is 2.35. The molecule has 0 aromatic heterocycles. The van der Waals surface area contributed by atoms with E-state index >= 15 is 0 Å². The summed E-state index contributed by atoms with van der Waals surface area (Å²) in [5.41, 5.74) is 0.0487. The minimum atomic E-state index is -0.160. The fourth-order valence-electron chi connectivity index (χ4n) is 1.93. The maximum Gasteiger partial charge on any atom is 0.323 e. The first-order valence-corrected chi connectivity index (χ1v) is 4.17. The monoisotopic (exact) mass is 171 g/mol. The Bertz CT molecular complexity index is 198. The summed E-state index contributed by atoms with van der Waals surface area (Å²) in [5.74, 6) is -0.160. The van der Waals surface area contributed by atoms with Crippen LogP contribution in [0.15, 0.2) is 0 Å². The van der Waals surface area contributed by atoms with Crippen LogP contribution in [0.2, 0.25) is 0 Å². The first-order valence-electron chi connectivity index (χ1n) is 4.17. The van der Waals surface area contributed by atoms with E-state index in [1.807, 2.05) is 0 Å². The van der Waals surface area contributed by atoms with Gasteiger partial charge in [-0.25, -0.2) is 0 Å². The van der Waals surface area contributed by atoms with E-state index in [0.717, 1.165) is 19.6 Å². The van der Waals surface area contributed by atoms with Gasteiger partial charge in [-0.15, -0.1) is 0 Å². The second-order valence-electron chi connectivity index (χ2n) is 3.50. The van der Waals surface area contributed by atoms with Crippen molar-refractivity contribution in [1.82, 2.24) is 5.32 Å². The molecule has 2 aliphatic heterocycles. The molecule has 2 aliphatic rings. The molecule has 0 radical (unpaired) electrons. The lowest BCUT2D eigenvalue weighted by Crippen LogP contribution is -2.66. The summed E-state index contributed by atoms with van der Waals surface area (Å²) in [5, 5.41) is 3.07. The van der Waals surface area contributed by atoms with Crippen molar-refractivity contribution in [3.05, 3.63) is 0 Å². The zero-order valence-corrected chi connectivity index (χ0v) is 7.13. The summed E-state index contributed by atoms with van der Waals surface area (Å²) in [4.78, 5) is 11.2. The standard InChI is InChI=1S/C8H13NO3/c1-11-7(10)6-8(4-9-6)2-3-12-5-8/h6,9H,2-5H2,1H3/t6-,8-/m1/s1. The van der Waals surface area contributed by atoms with Crippen molar-refractivity contribution in [2.45, 2.75) is 12.5 Å². The second kappa shape index (κ2) is 2.71. The molecule has 2 atom stereocenters. The van der Waals surface area contributed by atoms with E-state index in [2.05, 4.69) is 10.1 Å². The summed E-state index contributed by atoms with van der Waals surface area (Å²) < 4.78 is 9.96. The molecule has 0 bridgehead atoms. The first-order chi connectivity index (χ1) is 5.78. The zero-order chi connectivity index (χ0) is 8.60. The molecule has 4 nitrogen and oxygen atoms in total. The smallest absolute Gasteiger partial charge is 0.323 e. The van der Waals surface area contributed by atoms with Crippen molar-refractivity contribution >= 4 is 5.97 Å². The van der Waals surface area contributed by atoms with Gasteiger partial charge in [0.15, 0.2) is 0 Å². The Morgan fingerprint density at radius 1 is 1.75 bits per heavy atom. The third kappa shape index (κ3) is 0.949. The summed E-state index contributed by atoms with van der Waals surface area (Å²) >= 11 is 0. The molecule has 68 valence electrons. The third-order valence-electron chi connectivity index (χ3n) is 2.84. The maximum absolute atomic E-state index is 11.2. The highest BCUT2D eigenvalue weighted by atomic mass is 16.5. The topological polar surface area (TPSA) is 47.6 Å². The molecule has 1 N–H and O–H groups in total. The minimum Gasteiger partial charge on any atom is -0.468 e. The van der Waals surface area contributed by atoms with Gasteiger partial charge in [-0.1, -0.05) is 0 Å². The predicted octanol–water partition coefficient (Wildman–Crippen LogP) is -0.462. The number of nitrogens with one attached hydrogen (secondary N) is 1. The largest absolute Gasteiger partial charge is 0.468 e. The van der Waals surface area contributed by atoms with Gasteiger partial charge in [-0.2, -0.15) is 0 Å². The van der Waals surface area contributed by atoms with Crippen molar-refractivity contribution in [2.75, 3.05) is 26.9 Å². The highest BCUT2D eigenvalue weighted by molar-refractivity contribution is 5.78. The molecule has 0 unspecified atom stereocenters. The lowest BCUT2D eigenvalue weighted by molar-refractivity contribution is -0.151. The molecule has 12 heavy (non-hydrogen) atoms. The SMILES string of the molecule is COC(=O)[C@H]1NC[C@@]12CCOC2. The zero-order valence-electron chi connectivity index (χ0n) is 7.13. The van der Waals surface area contributed by atoms with Gasteiger partial charge in [0, 0.05) is 18.6 Å². The number of esters is 1. The van der Waals surface area contributed by atoms with Crippen molar-refractivity contribution in [3.8, 4) is 0 Å². The molecule has 2 heterocycles. The summed E-state index contributed by atoms with van der Waals surface area (Å²) in [6, 6.07) is -0.134. The lowest BCUT2D eigenvalue weighted by Gasteiger charge is -2.44. The van der Waals surface area contributed by atoms with E-state index in [4.69, 9.17) is 4.74 Å². The van der Waals surface area contributed by atoms with Crippen LogP contribution in [0.5, 0.6) is 0 Å². The molecule has 4 heteroatoms. The van der Waals surface area contributed by atoms with E-state index in [0.29, 0.717) is 6.61 Å². The van der Waals surface area contributed by atoms with E-state index in [-0.39, 0.29) is 17.4 Å². The van der Waals surface area contributed by atoms with Crippen LogP contribution in [0.25, 0.3) is 0 Å². The van der Waals surface area contributed by atoms with Gasteiger partial charge in [0.1, 0.15) is 6.04 Å². The predicted molar refractivity (Wildman–Crippen MR) is 41.7 cm³/mol. The van der Waals surface area contributed by atoms with Gasteiger partial charge >= 0.3 is 5.97 Å². The number of hydrogen-bond donors (Lipinski definition) is 1. The molecule has 0 aromatic rings. The van der Waals surface area contributed by atoms with Crippen LogP contribution in [0.4, 0.5) is 0 Å². The fourth-order valence-corrected chi connectivity index (χ4v) is 1.93. The number of ether oxygens (including phenoxy) is 2. The van der Waals surface area contributed by atoms with Gasteiger partial charge in [0.05, 0.1) is 13.7 Å². The summed E-state index contributed by atoms with van der Waals surface area (Å²) in [6.07, 6.45) is 0.972. The molecule has 0 saturated carbocycles. The van der Waals surface area contributed by atoms with Crippen LogP contribution in [-0.2, 0) is 14.3 Å². The van der Waals surface area contributed by atoms with Gasteiger partial charge in [-0.3, -0.25) is 4.79 Å². The van der Waals surface area contributed by atoms with Gasteiger partial charge < -0.3 is 14.8 Å². The Kier molecular flexibility index (Phi) is 1.81. The second-order valence-corrected chi connectivity index (χ2v) is 3.50. The number of carbonyl (C=O) groups excluding carboxylic acids is 1. The molecule has 2 rings (SSSR count). The normalized spacial score (nSPS) is 39.6. The van der Waals surface area contributed by atoms with E-state index < -0.39 is 0 Å². The molecular formula is C8H13NO3. The lowest BCUT2D eigenvalue weighted by atomic mass is 9.73. The Morgan fingerprint density at radius 2 is 2.58 bits per heavy atom. The van der Waals surface area contributed by atoms with Gasteiger partial charge in [-0.05, 0) is 6.42 Å². The van der Waals surface area contributed by atoms with Crippen LogP contribution in [0.3, 0.4) is 0 Å². The molecule has 0 aliphatic carbocycles. The highest BCUT2D eigenvalue weighted by Crippen LogP contribution is 2.38. The number of methoxy groups -OCH3 is 1. The fraction of sp³-hybridized carbons (Fsp3) is 0.875. The molecule has 2 saturated heterocycles. The van der Waals surface area contributed by atoms with Crippen LogP contribution in [0, 0.1) is 5.41 Å². The number of rotatable bonds is 1. The Balaban J connectivity index is 2.04. The van der Waals surface area contributed by atoms with Crippen molar-refractivity contribution < 1.29 is 14.3 Å². The van der Waals surface area contributed by atoms with Gasteiger partial charge in [0.2, 0.25) is 0 Å². The Morgan fingerprint density at radius 3 is 3.00 bits per heavy atom. The molecule has 2 fully saturated rings. The molecule has 0 amide bonds. The molecule has 0 aromatic carbocycles. The molecular weight excluding hydrogens is 158 g/mol. The highest BCUT2D eigenvalue weighted by Gasteiger charge is 2.53. The number of carbonyl (C=O) groups is 1. The van der Waals surface area contributed by atoms with Crippen molar-refractivity contribution in [1.29, 1.82) is 0 Å².